The van der Waals surface area contributed by atoms with E-state index in [-0.39, 0.29) is 11.7 Å². The second kappa shape index (κ2) is 6.01. The van der Waals surface area contributed by atoms with E-state index >= 15 is 0 Å². The molecule has 112 valence electrons. The highest BCUT2D eigenvalue weighted by atomic mass is 16.5. The maximum absolute atomic E-state index is 11.9. The van der Waals surface area contributed by atoms with Crippen molar-refractivity contribution in [2.45, 2.75) is 25.4 Å². The van der Waals surface area contributed by atoms with Gasteiger partial charge in [-0.25, -0.2) is 4.79 Å². The first-order chi connectivity index (χ1) is 9.97. The summed E-state index contributed by atoms with van der Waals surface area (Å²) in [5.41, 5.74) is -0.739. The lowest BCUT2D eigenvalue weighted by Crippen LogP contribution is -2.31. The zero-order chi connectivity index (χ0) is 15.6. The molecule has 0 saturated carbocycles. The third-order valence-corrected chi connectivity index (χ3v) is 3.11. The topological polar surface area (TPSA) is 137 Å². The maximum Gasteiger partial charge on any atom is 0.351 e. The van der Waals surface area contributed by atoms with E-state index in [0.29, 0.717) is 0 Å². The second-order valence-electron chi connectivity index (χ2n) is 4.58. The Morgan fingerprint density at radius 1 is 1.67 bits per heavy atom. The van der Waals surface area contributed by atoms with E-state index in [9.17, 15) is 14.7 Å². The summed E-state index contributed by atoms with van der Waals surface area (Å²) in [7, 11) is 0. The maximum atomic E-state index is 11.9. The Balaban J connectivity index is 2.32. The fourth-order valence-electron chi connectivity index (χ4n) is 2.13. The zero-order valence-electron chi connectivity index (χ0n) is 11.1. The Labute approximate surface area is 119 Å². The molecule has 0 spiro atoms. The molecule has 1 fully saturated rings. The van der Waals surface area contributed by atoms with Gasteiger partial charge in [-0.3, -0.25) is 9.36 Å². The molecule has 1 aliphatic heterocycles. The van der Waals surface area contributed by atoms with E-state index in [1.165, 1.54) is 19.2 Å². The van der Waals surface area contributed by atoms with Crippen molar-refractivity contribution < 1.29 is 19.7 Å². The molecule has 1 amide bonds. The number of carbonyl (C=O) groups excluding carboxylic acids is 1. The molecule has 0 radical (unpaired) electrons. The van der Waals surface area contributed by atoms with Crippen molar-refractivity contribution in [2.75, 3.05) is 11.9 Å². The van der Waals surface area contributed by atoms with Gasteiger partial charge in [-0.15, -0.1) is 0 Å². The molecular formula is C12H14N4O5. The van der Waals surface area contributed by atoms with Crippen molar-refractivity contribution in [3.05, 3.63) is 22.7 Å². The van der Waals surface area contributed by atoms with Gasteiger partial charge >= 0.3 is 5.69 Å². The van der Waals surface area contributed by atoms with Crippen LogP contribution < -0.4 is 11.0 Å². The Morgan fingerprint density at radius 2 is 2.38 bits per heavy atom. The lowest BCUT2D eigenvalue weighted by atomic mass is 10.0. The minimum atomic E-state index is -1.20. The van der Waals surface area contributed by atoms with Crippen molar-refractivity contribution in [1.29, 1.82) is 5.26 Å². The molecule has 0 bridgehead atoms. The normalized spacial score (nSPS) is 28.1. The van der Waals surface area contributed by atoms with Crippen LogP contribution in [0.25, 0.3) is 0 Å². The number of nitrogens with one attached hydrogen (secondary N) is 1. The molecule has 2 rings (SSSR count). The monoisotopic (exact) mass is 294 g/mol. The lowest BCUT2D eigenvalue weighted by molar-refractivity contribution is -0.114. The first-order valence-electron chi connectivity index (χ1n) is 6.18. The number of hydrogen-bond donors (Lipinski definition) is 3. The number of anilines is 1. The number of aliphatic hydroxyl groups is 2. The Kier molecular flexibility index (Phi) is 4.32. The molecule has 1 unspecified atom stereocenters. The second-order valence-corrected chi connectivity index (χ2v) is 4.58. The Bertz CT molecular complexity index is 637. The molecule has 0 aliphatic carbocycles. The summed E-state index contributed by atoms with van der Waals surface area (Å²) in [5, 5.41) is 30.4. The van der Waals surface area contributed by atoms with E-state index in [2.05, 4.69) is 10.3 Å². The average molecular weight is 294 g/mol. The van der Waals surface area contributed by atoms with Crippen LogP contribution in [0.1, 0.15) is 13.2 Å². The largest absolute Gasteiger partial charge is 0.394 e. The van der Waals surface area contributed by atoms with Crippen LogP contribution in [0.4, 0.5) is 5.82 Å². The van der Waals surface area contributed by atoms with Crippen molar-refractivity contribution in [3.8, 4) is 6.07 Å². The lowest BCUT2D eigenvalue weighted by Gasteiger charge is -2.16. The molecule has 1 aromatic rings. The molecule has 21 heavy (non-hydrogen) atoms. The van der Waals surface area contributed by atoms with Gasteiger partial charge in [0, 0.05) is 13.1 Å². The average Bonchev–Trinajstić information content (AvgIpc) is 2.74. The number of rotatable bonds is 3. The summed E-state index contributed by atoms with van der Waals surface area (Å²) >= 11 is 0. The van der Waals surface area contributed by atoms with E-state index in [1.807, 2.05) is 6.07 Å². The van der Waals surface area contributed by atoms with Crippen LogP contribution in [0, 0.1) is 17.2 Å². The van der Waals surface area contributed by atoms with Crippen molar-refractivity contribution in [1.82, 2.24) is 9.55 Å². The van der Waals surface area contributed by atoms with Gasteiger partial charge < -0.3 is 20.3 Å². The van der Waals surface area contributed by atoms with Gasteiger partial charge in [-0.2, -0.15) is 10.2 Å². The van der Waals surface area contributed by atoms with Crippen LogP contribution in [0.2, 0.25) is 0 Å². The van der Waals surface area contributed by atoms with Gasteiger partial charge in [0.1, 0.15) is 23.9 Å². The quantitative estimate of drug-likeness (QED) is 0.622. The number of aromatic nitrogens is 2. The molecular weight excluding hydrogens is 280 g/mol. The van der Waals surface area contributed by atoms with Gasteiger partial charge in [-0.05, 0) is 6.07 Å². The van der Waals surface area contributed by atoms with Crippen LogP contribution in [0.3, 0.4) is 0 Å². The van der Waals surface area contributed by atoms with E-state index in [0.717, 1.165) is 4.57 Å². The Hall–Kier alpha value is -2.28. The first kappa shape index (κ1) is 15.1. The molecule has 2 heterocycles. The van der Waals surface area contributed by atoms with Gasteiger partial charge in [0.2, 0.25) is 5.91 Å². The molecule has 3 N–H and O–H groups in total. The van der Waals surface area contributed by atoms with Crippen LogP contribution in [-0.2, 0) is 9.53 Å². The summed E-state index contributed by atoms with van der Waals surface area (Å²) in [5.74, 6) is -1.30. The number of amides is 1. The molecule has 1 aliphatic rings. The number of hydrogen-bond acceptors (Lipinski definition) is 7. The number of aliphatic hydroxyl groups excluding tert-OH is 2. The van der Waals surface area contributed by atoms with Gasteiger partial charge in [0.15, 0.2) is 6.23 Å². The summed E-state index contributed by atoms with van der Waals surface area (Å²) < 4.78 is 6.37. The van der Waals surface area contributed by atoms with Crippen LogP contribution in [0.15, 0.2) is 17.1 Å². The molecule has 0 aromatic carbocycles. The minimum Gasteiger partial charge on any atom is -0.394 e. The highest BCUT2D eigenvalue weighted by molar-refractivity contribution is 5.87. The predicted molar refractivity (Wildman–Crippen MR) is 68.9 cm³/mol. The summed E-state index contributed by atoms with van der Waals surface area (Å²) in [6, 6.07) is 3.23. The van der Waals surface area contributed by atoms with Crippen LogP contribution in [-0.4, -0.2) is 44.5 Å². The number of carbonyl (C=O) groups is 1. The van der Waals surface area contributed by atoms with Crippen LogP contribution in [0.5, 0.6) is 0 Å². The number of nitriles is 1. The smallest absolute Gasteiger partial charge is 0.351 e. The SMILES string of the molecule is CC(=O)Nc1ccn(C2O[C@H](CO)[C@@H](O)[C@@H]2C#N)c(=O)n1. The third kappa shape index (κ3) is 2.92. The Morgan fingerprint density at radius 3 is 2.90 bits per heavy atom. The molecule has 1 saturated heterocycles. The van der Waals surface area contributed by atoms with Crippen molar-refractivity contribution >= 4 is 11.7 Å². The van der Waals surface area contributed by atoms with Crippen molar-refractivity contribution in [3.63, 3.8) is 0 Å². The first-order valence-corrected chi connectivity index (χ1v) is 6.18. The summed E-state index contributed by atoms with van der Waals surface area (Å²) in [6.45, 7) is 0.809. The summed E-state index contributed by atoms with van der Waals surface area (Å²) in [4.78, 5) is 26.5. The van der Waals surface area contributed by atoms with Crippen LogP contribution >= 0.6 is 0 Å². The molecule has 1 aromatic heterocycles. The zero-order valence-corrected chi connectivity index (χ0v) is 11.1. The highest BCUT2D eigenvalue weighted by Crippen LogP contribution is 2.33. The number of nitrogens with zero attached hydrogens (tertiary/aromatic N) is 3. The van der Waals surface area contributed by atoms with E-state index < -0.39 is 36.7 Å². The van der Waals surface area contributed by atoms with Gasteiger partial charge in [0.05, 0.1) is 12.7 Å². The summed E-state index contributed by atoms with van der Waals surface area (Å²) in [6.07, 6.45) is -1.88. The standard InChI is InChI=1S/C12H14N4O5/c1-6(18)14-9-2-3-16(12(20)15-9)11-7(4-13)10(19)8(5-17)21-11/h2-3,7-8,10-11,17,19H,5H2,1H3,(H,14,15,18,20)/t7-,8+,10-,11?/m0/s1. The predicted octanol–water partition coefficient (Wildman–Crippen LogP) is -1.41. The van der Waals surface area contributed by atoms with Gasteiger partial charge in [0.25, 0.3) is 0 Å². The highest BCUT2D eigenvalue weighted by Gasteiger charge is 2.45. The number of ether oxygens (including phenoxy) is 1. The minimum absolute atomic E-state index is 0.0783. The molecule has 4 atom stereocenters. The van der Waals surface area contributed by atoms with E-state index in [4.69, 9.17) is 15.1 Å². The molecule has 9 heteroatoms. The third-order valence-electron chi connectivity index (χ3n) is 3.11. The van der Waals surface area contributed by atoms with Crippen molar-refractivity contribution in [2.24, 2.45) is 5.92 Å². The fraction of sp³-hybridized carbons (Fsp3) is 0.500. The fourth-order valence-corrected chi connectivity index (χ4v) is 2.13. The molecule has 9 nitrogen and oxygen atoms in total. The van der Waals surface area contributed by atoms with E-state index in [1.54, 1.807) is 0 Å². The van der Waals surface area contributed by atoms with Gasteiger partial charge in [-0.1, -0.05) is 0 Å².